The van der Waals surface area contributed by atoms with Crippen molar-refractivity contribution in [3.05, 3.63) is 10.6 Å². The summed E-state index contributed by atoms with van der Waals surface area (Å²) in [5.74, 6) is -0.771. The highest BCUT2D eigenvalue weighted by Crippen LogP contribution is 2.32. The topological polar surface area (TPSA) is 68.3 Å². The minimum absolute atomic E-state index is 0.0871. The average Bonchev–Trinajstić information content (AvgIpc) is 2.67. The third kappa shape index (κ3) is 5.12. The molecule has 0 unspecified atom stereocenters. The second kappa shape index (κ2) is 6.13. The number of esters is 1. The number of carbonyl (C=O) groups is 2. The summed E-state index contributed by atoms with van der Waals surface area (Å²) in [6.07, 6.45) is 0.919. The fourth-order valence-electron chi connectivity index (χ4n) is 2.51. The summed E-state index contributed by atoms with van der Waals surface area (Å²) in [5.41, 5.74) is 0.0453. The highest BCUT2D eigenvalue weighted by Gasteiger charge is 2.28. The molecule has 0 bridgehead atoms. The molecule has 0 fully saturated rings. The molecule has 0 aliphatic rings. The van der Waals surface area contributed by atoms with Crippen molar-refractivity contribution in [2.24, 2.45) is 5.41 Å². The maximum atomic E-state index is 11.7. The van der Waals surface area contributed by atoms with Crippen LogP contribution in [0.15, 0.2) is 0 Å². The van der Waals surface area contributed by atoms with E-state index in [1.165, 1.54) is 25.4 Å². The van der Waals surface area contributed by atoms with Crippen molar-refractivity contribution >= 4 is 28.2 Å². The van der Waals surface area contributed by atoms with E-state index in [1.54, 1.807) is 0 Å². The van der Waals surface area contributed by atoms with Gasteiger partial charge in [-0.3, -0.25) is 4.79 Å². The van der Waals surface area contributed by atoms with Crippen LogP contribution in [0.1, 0.15) is 68.1 Å². The quantitative estimate of drug-likeness (QED) is 0.662. The molecule has 1 rings (SSSR count). The van der Waals surface area contributed by atoms with Crippen LogP contribution >= 0.6 is 11.3 Å². The Morgan fingerprint density at radius 1 is 1.24 bits per heavy atom. The molecule has 0 saturated carbocycles. The molecule has 0 aromatic carbocycles. The molecule has 118 valence electrons. The number of nitrogens with one attached hydrogen (secondary N) is 1. The summed E-state index contributed by atoms with van der Waals surface area (Å²) >= 11 is 1.19. The number of aromatic nitrogens is 1. The van der Waals surface area contributed by atoms with E-state index < -0.39 is 5.97 Å². The molecule has 0 radical (unpaired) electrons. The number of methoxy groups -OCH3 is 1. The third-order valence-corrected chi connectivity index (χ3v) is 3.81. The first-order chi connectivity index (χ1) is 9.45. The minimum Gasteiger partial charge on any atom is -0.464 e. The number of Topliss-reactive ketones (excluding diaryl/α,β-unsaturated/α-hetero) is 1. The molecule has 1 aromatic rings. The summed E-state index contributed by atoms with van der Waals surface area (Å²) in [6.45, 7) is 12.1. The van der Waals surface area contributed by atoms with E-state index in [4.69, 9.17) is 0 Å². The highest BCUT2D eigenvalue weighted by atomic mass is 32.1. The normalized spacial score (nSPS) is 12.1. The van der Waals surface area contributed by atoms with Crippen molar-refractivity contribution in [2.45, 2.75) is 53.5 Å². The van der Waals surface area contributed by atoms with Gasteiger partial charge in [0.25, 0.3) is 0 Å². The second-order valence-corrected chi connectivity index (χ2v) is 7.99. The molecule has 0 amide bonds. The van der Waals surface area contributed by atoms with Gasteiger partial charge in [-0.15, -0.1) is 0 Å². The van der Waals surface area contributed by atoms with Crippen LogP contribution in [0, 0.1) is 5.41 Å². The van der Waals surface area contributed by atoms with Crippen molar-refractivity contribution in [1.82, 2.24) is 4.98 Å². The fourth-order valence-corrected chi connectivity index (χ4v) is 3.53. The molecule has 1 aromatic heterocycles. The largest absolute Gasteiger partial charge is 0.464 e. The Balaban J connectivity index is 3.05. The summed E-state index contributed by atoms with van der Waals surface area (Å²) in [4.78, 5) is 27.9. The van der Waals surface area contributed by atoms with E-state index in [0.717, 1.165) is 6.42 Å². The zero-order chi connectivity index (χ0) is 16.4. The SMILES string of the molecule is COC(=O)c1nc(NC(C)(C)CC(C)(C)C)sc1C(C)=O. The standard InChI is InChI=1S/C15H24N2O3S/c1-9(18)11-10(12(19)20-7)16-13(21-11)17-15(5,6)8-14(2,3)4/h8H2,1-7H3,(H,16,17). The maximum Gasteiger partial charge on any atom is 0.358 e. The molecule has 0 spiro atoms. The van der Waals surface area contributed by atoms with E-state index >= 15 is 0 Å². The van der Waals surface area contributed by atoms with Gasteiger partial charge < -0.3 is 10.1 Å². The van der Waals surface area contributed by atoms with E-state index in [2.05, 4.69) is 49.7 Å². The first-order valence-corrected chi connectivity index (χ1v) is 7.65. The molecule has 0 atom stereocenters. The summed E-state index contributed by atoms with van der Waals surface area (Å²) < 4.78 is 4.68. The monoisotopic (exact) mass is 312 g/mol. The molecule has 1 heterocycles. The van der Waals surface area contributed by atoms with Gasteiger partial charge in [-0.1, -0.05) is 32.1 Å². The number of ether oxygens (including phenoxy) is 1. The van der Waals surface area contributed by atoms with Crippen LogP contribution < -0.4 is 5.32 Å². The number of hydrogen-bond donors (Lipinski definition) is 1. The van der Waals surface area contributed by atoms with Crippen LogP contribution in [-0.4, -0.2) is 29.4 Å². The van der Waals surface area contributed by atoms with Crippen LogP contribution in [-0.2, 0) is 4.74 Å². The van der Waals surface area contributed by atoms with Gasteiger partial charge in [0.1, 0.15) is 4.88 Å². The van der Waals surface area contributed by atoms with Crippen molar-refractivity contribution in [1.29, 1.82) is 0 Å². The predicted octanol–water partition coefficient (Wildman–Crippen LogP) is 3.76. The van der Waals surface area contributed by atoms with Crippen molar-refractivity contribution < 1.29 is 14.3 Å². The Bertz CT molecular complexity index is 542. The maximum absolute atomic E-state index is 11.7. The van der Waals surface area contributed by atoms with Crippen LogP contribution in [0.5, 0.6) is 0 Å². The van der Waals surface area contributed by atoms with Crippen LogP contribution in [0.4, 0.5) is 5.13 Å². The number of rotatable bonds is 5. The van der Waals surface area contributed by atoms with Gasteiger partial charge in [0.15, 0.2) is 16.6 Å². The Morgan fingerprint density at radius 2 is 1.81 bits per heavy atom. The molecular formula is C15H24N2O3S. The summed E-state index contributed by atoms with van der Waals surface area (Å²) in [6, 6.07) is 0. The van der Waals surface area contributed by atoms with Gasteiger partial charge in [0.2, 0.25) is 0 Å². The second-order valence-electron chi connectivity index (χ2n) is 6.99. The zero-order valence-corrected chi connectivity index (χ0v) is 14.6. The van der Waals surface area contributed by atoms with Gasteiger partial charge in [-0.05, 0) is 25.7 Å². The number of thiazole rings is 1. The van der Waals surface area contributed by atoms with E-state index in [0.29, 0.717) is 10.0 Å². The Kier molecular flexibility index (Phi) is 5.15. The van der Waals surface area contributed by atoms with Gasteiger partial charge >= 0.3 is 5.97 Å². The fraction of sp³-hybridized carbons (Fsp3) is 0.667. The molecule has 21 heavy (non-hydrogen) atoms. The Hall–Kier alpha value is -1.43. The van der Waals surface area contributed by atoms with E-state index in [1.807, 2.05) is 0 Å². The van der Waals surface area contributed by atoms with Crippen LogP contribution in [0.2, 0.25) is 0 Å². The first-order valence-electron chi connectivity index (χ1n) is 6.83. The lowest BCUT2D eigenvalue weighted by Crippen LogP contribution is -2.35. The summed E-state index contributed by atoms with van der Waals surface area (Å²) in [7, 11) is 1.28. The van der Waals surface area contributed by atoms with Gasteiger partial charge in [0.05, 0.1) is 7.11 Å². The number of carbonyl (C=O) groups excluding carboxylic acids is 2. The minimum atomic E-state index is -0.585. The molecule has 6 heteroatoms. The van der Waals surface area contributed by atoms with E-state index in [9.17, 15) is 9.59 Å². The zero-order valence-electron chi connectivity index (χ0n) is 13.8. The Labute approximate surface area is 130 Å². The smallest absolute Gasteiger partial charge is 0.358 e. The highest BCUT2D eigenvalue weighted by molar-refractivity contribution is 7.17. The van der Waals surface area contributed by atoms with Gasteiger partial charge in [0, 0.05) is 12.5 Å². The average molecular weight is 312 g/mol. The van der Waals surface area contributed by atoms with Crippen molar-refractivity contribution in [2.75, 3.05) is 12.4 Å². The molecular weight excluding hydrogens is 288 g/mol. The molecule has 1 N–H and O–H groups in total. The summed E-state index contributed by atoms with van der Waals surface area (Å²) in [5, 5.41) is 3.88. The van der Waals surface area contributed by atoms with Gasteiger partial charge in [-0.2, -0.15) is 0 Å². The lowest BCUT2D eigenvalue weighted by Gasteiger charge is -2.33. The molecule has 0 aliphatic heterocycles. The van der Waals surface area contributed by atoms with Gasteiger partial charge in [-0.25, -0.2) is 9.78 Å². The lowest BCUT2D eigenvalue weighted by molar-refractivity contribution is 0.0591. The van der Waals surface area contributed by atoms with Crippen LogP contribution in [0.3, 0.4) is 0 Å². The first kappa shape index (κ1) is 17.6. The number of anilines is 1. The molecule has 0 aliphatic carbocycles. The van der Waals surface area contributed by atoms with E-state index in [-0.39, 0.29) is 22.4 Å². The Morgan fingerprint density at radius 3 is 2.24 bits per heavy atom. The van der Waals surface area contributed by atoms with Crippen molar-refractivity contribution in [3.8, 4) is 0 Å². The predicted molar refractivity (Wildman–Crippen MR) is 85.2 cm³/mol. The number of hydrogen-bond acceptors (Lipinski definition) is 6. The lowest BCUT2D eigenvalue weighted by atomic mass is 9.82. The third-order valence-electron chi connectivity index (χ3n) is 2.74. The molecule has 5 nitrogen and oxygen atoms in total. The number of ketones is 1. The van der Waals surface area contributed by atoms with Crippen LogP contribution in [0.25, 0.3) is 0 Å². The van der Waals surface area contributed by atoms with Crippen molar-refractivity contribution in [3.63, 3.8) is 0 Å². The number of nitrogens with zero attached hydrogens (tertiary/aromatic N) is 1. The molecule has 0 saturated heterocycles.